The van der Waals surface area contributed by atoms with E-state index in [1.807, 2.05) is 38.1 Å². The first-order valence-corrected chi connectivity index (χ1v) is 6.03. The Balaban J connectivity index is 2.33. The third-order valence-corrected chi connectivity index (χ3v) is 2.50. The molecule has 2 aromatic rings. The van der Waals surface area contributed by atoms with E-state index in [-0.39, 0.29) is 0 Å². The molecular formula is C12H14N4OS. The Morgan fingerprint density at radius 1 is 1.39 bits per heavy atom. The Morgan fingerprint density at radius 2 is 2.17 bits per heavy atom. The lowest BCUT2D eigenvalue weighted by Crippen LogP contribution is -2.03. The molecule has 0 bridgehead atoms. The second-order valence-electron chi connectivity index (χ2n) is 3.63. The van der Waals surface area contributed by atoms with Gasteiger partial charge >= 0.3 is 0 Å². The van der Waals surface area contributed by atoms with Crippen LogP contribution in [-0.2, 0) is 0 Å². The van der Waals surface area contributed by atoms with E-state index in [1.54, 1.807) is 0 Å². The Hall–Kier alpha value is -1.95. The quantitative estimate of drug-likeness (QED) is 0.829. The zero-order valence-electron chi connectivity index (χ0n) is 10.2. The Kier molecular flexibility index (Phi) is 3.88. The van der Waals surface area contributed by atoms with Crippen molar-refractivity contribution in [3.63, 3.8) is 0 Å². The summed E-state index contributed by atoms with van der Waals surface area (Å²) in [5, 5.41) is 9.88. The number of nitrogens with zero attached hydrogens (tertiary/aromatic N) is 2. The second-order valence-corrected chi connectivity index (χ2v) is 4.02. The molecule has 0 fully saturated rings. The van der Waals surface area contributed by atoms with E-state index in [1.165, 1.54) is 0 Å². The predicted octanol–water partition coefficient (Wildman–Crippen LogP) is 2.98. The van der Waals surface area contributed by atoms with Gasteiger partial charge in [0.25, 0.3) is 0 Å². The van der Waals surface area contributed by atoms with Gasteiger partial charge < -0.3 is 10.1 Å². The highest BCUT2D eigenvalue weighted by Gasteiger charge is 2.06. The Labute approximate surface area is 110 Å². The monoisotopic (exact) mass is 262 g/mol. The molecule has 6 heteroatoms. The summed E-state index contributed by atoms with van der Waals surface area (Å²) in [4.78, 5) is 4.20. The lowest BCUT2D eigenvalue weighted by Gasteiger charge is -2.12. The molecule has 0 saturated heterocycles. The molecule has 0 aliphatic rings. The average Bonchev–Trinajstić information content (AvgIpc) is 2.36. The van der Waals surface area contributed by atoms with Gasteiger partial charge in [-0.25, -0.2) is 0 Å². The fourth-order valence-electron chi connectivity index (χ4n) is 1.49. The van der Waals surface area contributed by atoms with Gasteiger partial charge in [0.2, 0.25) is 4.77 Å². The first kappa shape index (κ1) is 12.5. The van der Waals surface area contributed by atoms with Crippen LogP contribution in [0, 0.1) is 11.7 Å². The molecule has 0 aliphatic carbocycles. The van der Waals surface area contributed by atoms with Crippen LogP contribution in [0.5, 0.6) is 5.75 Å². The van der Waals surface area contributed by atoms with Crippen molar-refractivity contribution in [2.75, 3.05) is 11.9 Å². The molecule has 0 atom stereocenters. The first-order valence-electron chi connectivity index (χ1n) is 5.63. The van der Waals surface area contributed by atoms with Crippen LogP contribution in [0.2, 0.25) is 0 Å². The third-order valence-electron chi connectivity index (χ3n) is 2.32. The normalized spacial score (nSPS) is 10.1. The van der Waals surface area contributed by atoms with Crippen molar-refractivity contribution in [3.05, 3.63) is 34.7 Å². The van der Waals surface area contributed by atoms with Crippen LogP contribution in [0.25, 0.3) is 0 Å². The number of para-hydroxylation sites is 2. The minimum atomic E-state index is 0.344. The Bertz CT molecular complexity index is 597. The second kappa shape index (κ2) is 5.59. The maximum absolute atomic E-state index is 5.53. The van der Waals surface area contributed by atoms with E-state index in [2.05, 4.69) is 20.5 Å². The minimum absolute atomic E-state index is 0.344. The summed E-state index contributed by atoms with van der Waals surface area (Å²) < 4.78 is 5.88. The molecule has 1 heterocycles. The zero-order valence-corrected chi connectivity index (χ0v) is 11.0. The lowest BCUT2D eigenvalue weighted by atomic mass is 10.3. The van der Waals surface area contributed by atoms with E-state index in [4.69, 9.17) is 17.0 Å². The molecule has 2 N–H and O–H groups in total. The minimum Gasteiger partial charge on any atom is -0.492 e. The number of ether oxygens (including phenoxy) is 1. The molecule has 2 rings (SSSR count). The van der Waals surface area contributed by atoms with Crippen molar-refractivity contribution in [2.45, 2.75) is 13.8 Å². The van der Waals surface area contributed by atoms with Crippen LogP contribution in [0.3, 0.4) is 0 Å². The van der Waals surface area contributed by atoms with E-state index < -0.39 is 0 Å². The van der Waals surface area contributed by atoms with Crippen molar-refractivity contribution in [2.24, 2.45) is 0 Å². The van der Waals surface area contributed by atoms with Gasteiger partial charge in [-0.05, 0) is 38.2 Å². The number of aromatic nitrogens is 3. The number of aryl methyl sites for hydroxylation is 1. The summed E-state index contributed by atoms with van der Waals surface area (Å²) >= 11 is 4.96. The summed E-state index contributed by atoms with van der Waals surface area (Å²) in [7, 11) is 0. The maximum atomic E-state index is 5.53. The summed E-state index contributed by atoms with van der Waals surface area (Å²) in [6.45, 7) is 4.41. The van der Waals surface area contributed by atoms with Crippen LogP contribution >= 0.6 is 12.2 Å². The van der Waals surface area contributed by atoms with Crippen LogP contribution in [-0.4, -0.2) is 21.8 Å². The highest BCUT2D eigenvalue weighted by atomic mass is 32.1. The van der Waals surface area contributed by atoms with Crippen LogP contribution < -0.4 is 10.1 Å². The molecule has 5 nitrogen and oxygen atoms in total. The van der Waals surface area contributed by atoms with Crippen LogP contribution in [0.15, 0.2) is 24.3 Å². The standard InChI is InChI=1S/C12H14N4OS/c1-3-17-10-7-5-4-6-9(10)13-11-8(2)15-16-12(18)14-11/h4-7H,3H2,1-2H3,(H2,13,14,16,18). The molecule has 0 aliphatic heterocycles. The van der Waals surface area contributed by atoms with Crippen molar-refractivity contribution in [1.82, 2.24) is 15.2 Å². The number of aromatic amines is 1. The molecule has 94 valence electrons. The molecule has 1 aromatic heterocycles. The van der Waals surface area contributed by atoms with Crippen molar-refractivity contribution < 1.29 is 4.74 Å². The van der Waals surface area contributed by atoms with E-state index in [9.17, 15) is 0 Å². The van der Waals surface area contributed by atoms with Crippen molar-refractivity contribution in [3.8, 4) is 5.75 Å². The van der Waals surface area contributed by atoms with Gasteiger partial charge in [-0.15, -0.1) is 0 Å². The largest absolute Gasteiger partial charge is 0.492 e. The molecular weight excluding hydrogens is 248 g/mol. The fourth-order valence-corrected chi connectivity index (χ4v) is 1.63. The van der Waals surface area contributed by atoms with Gasteiger partial charge in [0, 0.05) is 0 Å². The third kappa shape index (κ3) is 2.84. The Morgan fingerprint density at radius 3 is 2.94 bits per heavy atom. The summed E-state index contributed by atoms with van der Waals surface area (Å²) in [5.41, 5.74) is 1.59. The first-order chi connectivity index (χ1) is 8.70. The van der Waals surface area contributed by atoms with Crippen molar-refractivity contribution >= 4 is 23.7 Å². The number of anilines is 2. The maximum Gasteiger partial charge on any atom is 0.215 e. The summed E-state index contributed by atoms with van der Waals surface area (Å²) in [5.74, 6) is 1.41. The lowest BCUT2D eigenvalue weighted by molar-refractivity contribution is 0.342. The molecule has 0 unspecified atom stereocenters. The highest BCUT2D eigenvalue weighted by molar-refractivity contribution is 7.71. The number of H-pyrrole nitrogens is 1. The molecule has 0 saturated carbocycles. The van der Waals surface area contributed by atoms with E-state index in [0.717, 1.165) is 17.1 Å². The van der Waals surface area contributed by atoms with Gasteiger partial charge in [-0.1, -0.05) is 12.1 Å². The zero-order chi connectivity index (χ0) is 13.0. The smallest absolute Gasteiger partial charge is 0.215 e. The summed E-state index contributed by atoms with van der Waals surface area (Å²) in [6.07, 6.45) is 0. The number of hydrogen-bond donors (Lipinski definition) is 2. The van der Waals surface area contributed by atoms with Crippen LogP contribution in [0.4, 0.5) is 11.5 Å². The van der Waals surface area contributed by atoms with Gasteiger partial charge in [0.15, 0.2) is 5.82 Å². The number of nitrogens with one attached hydrogen (secondary N) is 2. The molecule has 0 radical (unpaired) electrons. The van der Waals surface area contributed by atoms with Gasteiger partial charge in [-0.3, -0.25) is 5.10 Å². The molecule has 1 aromatic carbocycles. The molecule has 0 amide bonds. The fraction of sp³-hybridized carbons (Fsp3) is 0.250. The van der Waals surface area contributed by atoms with Gasteiger partial charge in [0.1, 0.15) is 11.4 Å². The molecule has 0 spiro atoms. The van der Waals surface area contributed by atoms with E-state index >= 15 is 0 Å². The number of hydrogen-bond acceptors (Lipinski definition) is 5. The highest BCUT2D eigenvalue weighted by Crippen LogP contribution is 2.27. The average molecular weight is 262 g/mol. The number of rotatable bonds is 4. The van der Waals surface area contributed by atoms with Crippen molar-refractivity contribution in [1.29, 1.82) is 0 Å². The number of benzene rings is 1. The predicted molar refractivity (Wildman–Crippen MR) is 72.8 cm³/mol. The van der Waals surface area contributed by atoms with Gasteiger partial charge in [0.05, 0.1) is 12.3 Å². The van der Waals surface area contributed by atoms with Gasteiger partial charge in [-0.2, -0.15) is 10.1 Å². The van der Waals surface area contributed by atoms with Crippen LogP contribution in [0.1, 0.15) is 12.6 Å². The summed E-state index contributed by atoms with van der Waals surface area (Å²) in [6, 6.07) is 7.67. The SMILES string of the molecule is CCOc1ccccc1Nc1nc(=S)[nH]nc1C. The molecule has 18 heavy (non-hydrogen) atoms. The van der Waals surface area contributed by atoms with E-state index in [0.29, 0.717) is 17.2 Å². The topological polar surface area (TPSA) is 62.8 Å².